The highest BCUT2D eigenvalue weighted by molar-refractivity contribution is 7.92. The van der Waals surface area contributed by atoms with Crippen molar-refractivity contribution >= 4 is 39.4 Å². The third-order valence-electron chi connectivity index (χ3n) is 5.20. The summed E-state index contributed by atoms with van der Waals surface area (Å²) in [6.45, 7) is 7.92. The van der Waals surface area contributed by atoms with Crippen molar-refractivity contribution < 1.29 is 17.9 Å². The molecule has 0 saturated heterocycles. The van der Waals surface area contributed by atoms with Gasteiger partial charge in [0.05, 0.1) is 23.4 Å². The van der Waals surface area contributed by atoms with Crippen LogP contribution in [0.3, 0.4) is 0 Å². The minimum atomic E-state index is -4.05. The van der Waals surface area contributed by atoms with E-state index in [1.54, 1.807) is 31.2 Å². The zero-order chi connectivity index (χ0) is 26.3. The molecule has 0 spiro atoms. The summed E-state index contributed by atoms with van der Waals surface area (Å²) in [5, 5.41) is 4.35. The quantitative estimate of drug-likeness (QED) is 0.285. The average molecular weight is 528 g/mol. The molecule has 0 saturated carbocycles. The van der Waals surface area contributed by atoms with Crippen LogP contribution in [0, 0.1) is 19.8 Å². The van der Waals surface area contributed by atoms with Crippen molar-refractivity contribution in [2.75, 3.05) is 17.5 Å². The summed E-state index contributed by atoms with van der Waals surface area (Å²) >= 11 is 6.16. The van der Waals surface area contributed by atoms with Gasteiger partial charge in [-0.1, -0.05) is 49.2 Å². The second-order valence-electron chi connectivity index (χ2n) is 8.82. The van der Waals surface area contributed by atoms with Crippen molar-refractivity contribution in [3.8, 4) is 5.75 Å². The first-order chi connectivity index (χ1) is 17.1. The Kier molecular flexibility index (Phi) is 9.12. The van der Waals surface area contributed by atoms with E-state index in [-0.39, 0.29) is 4.90 Å². The van der Waals surface area contributed by atoms with Crippen LogP contribution in [0.4, 0.5) is 5.69 Å². The Labute approximate surface area is 217 Å². The number of hydrazone groups is 1. The highest BCUT2D eigenvalue weighted by Crippen LogP contribution is 2.29. The Morgan fingerprint density at radius 3 is 2.36 bits per heavy atom. The number of halogens is 1. The highest BCUT2D eigenvalue weighted by Gasteiger charge is 2.28. The van der Waals surface area contributed by atoms with E-state index in [1.807, 2.05) is 31.2 Å². The van der Waals surface area contributed by atoms with E-state index in [1.165, 1.54) is 24.4 Å². The number of nitrogens with one attached hydrogen (secondary N) is 1. The number of ether oxygens (including phenoxy) is 1. The predicted molar refractivity (Wildman–Crippen MR) is 144 cm³/mol. The highest BCUT2D eigenvalue weighted by atomic mass is 35.5. The Bertz CT molecular complexity index is 1320. The Hall–Kier alpha value is -3.36. The second-order valence-corrected chi connectivity index (χ2v) is 11.1. The summed E-state index contributed by atoms with van der Waals surface area (Å²) in [6.07, 6.45) is 1.48. The number of rotatable bonds is 10. The minimum absolute atomic E-state index is 0.0727. The molecule has 0 aliphatic rings. The smallest absolute Gasteiger partial charge is 0.264 e. The van der Waals surface area contributed by atoms with E-state index in [0.717, 1.165) is 21.2 Å². The number of benzene rings is 3. The maximum Gasteiger partial charge on any atom is 0.264 e. The lowest BCUT2D eigenvalue weighted by atomic mass is 10.2. The van der Waals surface area contributed by atoms with E-state index < -0.39 is 22.5 Å². The molecule has 0 aliphatic carbocycles. The van der Waals surface area contributed by atoms with E-state index in [9.17, 15) is 13.2 Å². The fraction of sp³-hybridized carbons (Fsp3) is 0.259. The van der Waals surface area contributed by atoms with Crippen LogP contribution in [0.2, 0.25) is 5.02 Å². The normalized spacial score (nSPS) is 11.6. The number of carbonyl (C=O) groups is 1. The zero-order valence-electron chi connectivity index (χ0n) is 20.7. The molecule has 1 amide bonds. The van der Waals surface area contributed by atoms with Gasteiger partial charge in [0.15, 0.2) is 0 Å². The van der Waals surface area contributed by atoms with Crippen molar-refractivity contribution in [3.63, 3.8) is 0 Å². The lowest BCUT2D eigenvalue weighted by molar-refractivity contribution is -0.119. The third-order valence-corrected chi connectivity index (χ3v) is 7.21. The first kappa shape index (κ1) is 27.2. The van der Waals surface area contributed by atoms with Gasteiger partial charge < -0.3 is 4.74 Å². The lowest BCUT2D eigenvalue weighted by Gasteiger charge is -2.25. The van der Waals surface area contributed by atoms with Crippen molar-refractivity contribution in [2.45, 2.75) is 32.6 Å². The Morgan fingerprint density at radius 1 is 1.06 bits per heavy atom. The molecule has 7 nitrogen and oxygen atoms in total. The lowest BCUT2D eigenvalue weighted by Crippen LogP contribution is -2.40. The van der Waals surface area contributed by atoms with E-state index >= 15 is 0 Å². The van der Waals surface area contributed by atoms with Gasteiger partial charge in [-0.15, -0.1) is 0 Å². The van der Waals surface area contributed by atoms with E-state index in [2.05, 4.69) is 24.4 Å². The standard InChI is InChI=1S/C27H30ClN3O4S/c1-19(2)18-35-24-11-8-22(9-12-24)16-29-30-27(32)17-31(26-15-23(28)10-7-21(26)4)36(33,34)25-13-5-20(3)6-14-25/h5-16,19H,17-18H2,1-4H3,(H,30,32)/b29-16-. The fourth-order valence-corrected chi connectivity index (χ4v) is 4.89. The van der Waals surface area contributed by atoms with Crippen LogP contribution in [0.5, 0.6) is 5.75 Å². The number of hydrogen-bond acceptors (Lipinski definition) is 5. The summed E-state index contributed by atoms with van der Waals surface area (Å²) in [5.41, 5.74) is 5.06. The van der Waals surface area contributed by atoms with Gasteiger partial charge in [-0.3, -0.25) is 9.10 Å². The number of sulfonamides is 1. The Balaban J connectivity index is 1.77. The molecule has 36 heavy (non-hydrogen) atoms. The number of nitrogens with zero attached hydrogens (tertiary/aromatic N) is 2. The van der Waals surface area contributed by atoms with Crippen molar-refractivity contribution in [2.24, 2.45) is 11.0 Å². The van der Waals surface area contributed by atoms with Crippen LogP contribution in [-0.4, -0.2) is 33.7 Å². The van der Waals surface area contributed by atoms with Crippen LogP contribution < -0.4 is 14.5 Å². The van der Waals surface area contributed by atoms with Gasteiger partial charge in [0.1, 0.15) is 12.3 Å². The van der Waals surface area contributed by atoms with Crippen LogP contribution in [0.25, 0.3) is 0 Å². The van der Waals surface area contributed by atoms with Gasteiger partial charge in [0, 0.05) is 5.02 Å². The number of aryl methyl sites for hydroxylation is 2. The topological polar surface area (TPSA) is 88.1 Å². The van der Waals surface area contributed by atoms with Gasteiger partial charge >= 0.3 is 0 Å². The predicted octanol–water partition coefficient (Wildman–Crippen LogP) is 5.34. The number of amides is 1. The van der Waals surface area contributed by atoms with Crippen LogP contribution >= 0.6 is 11.6 Å². The van der Waals surface area contributed by atoms with Gasteiger partial charge in [-0.2, -0.15) is 5.10 Å². The summed E-state index contributed by atoms with van der Waals surface area (Å²) in [7, 11) is -4.05. The van der Waals surface area contributed by atoms with Crippen molar-refractivity contribution in [1.29, 1.82) is 0 Å². The van der Waals surface area contributed by atoms with Gasteiger partial charge in [0.2, 0.25) is 0 Å². The van der Waals surface area contributed by atoms with Crippen LogP contribution in [-0.2, 0) is 14.8 Å². The fourth-order valence-electron chi connectivity index (χ4n) is 3.25. The van der Waals surface area contributed by atoms with Crippen molar-refractivity contribution in [1.82, 2.24) is 5.43 Å². The summed E-state index contributed by atoms with van der Waals surface area (Å²) in [6, 6.07) is 18.6. The first-order valence-electron chi connectivity index (χ1n) is 11.5. The molecule has 0 unspecified atom stereocenters. The maximum absolute atomic E-state index is 13.5. The molecule has 3 aromatic rings. The molecule has 0 aliphatic heterocycles. The molecule has 3 aromatic carbocycles. The molecule has 190 valence electrons. The zero-order valence-corrected chi connectivity index (χ0v) is 22.3. The molecular weight excluding hydrogens is 498 g/mol. The number of carbonyl (C=O) groups excluding carboxylic acids is 1. The summed E-state index contributed by atoms with van der Waals surface area (Å²) in [5.74, 6) is 0.573. The molecule has 0 heterocycles. The van der Waals surface area contributed by atoms with E-state index in [4.69, 9.17) is 16.3 Å². The monoisotopic (exact) mass is 527 g/mol. The summed E-state index contributed by atoms with van der Waals surface area (Å²) in [4.78, 5) is 12.8. The molecular formula is C27H30ClN3O4S. The molecule has 3 rings (SSSR count). The number of anilines is 1. The largest absolute Gasteiger partial charge is 0.493 e. The maximum atomic E-state index is 13.5. The van der Waals surface area contributed by atoms with Gasteiger partial charge in [0.25, 0.3) is 15.9 Å². The average Bonchev–Trinajstić information content (AvgIpc) is 2.84. The van der Waals surface area contributed by atoms with Gasteiger partial charge in [-0.25, -0.2) is 13.8 Å². The molecule has 0 fully saturated rings. The minimum Gasteiger partial charge on any atom is -0.493 e. The van der Waals surface area contributed by atoms with Crippen molar-refractivity contribution in [3.05, 3.63) is 88.4 Å². The van der Waals surface area contributed by atoms with Crippen LogP contribution in [0.1, 0.15) is 30.5 Å². The Morgan fingerprint density at radius 2 is 1.72 bits per heavy atom. The van der Waals surface area contributed by atoms with Gasteiger partial charge in [-0.05, 0) is 79.4 Å². The second kappa shape index (κ2) is 12.1. The molecule has 0 aromatic heterocycles. The van der Waals surface area contributed by atoms with E-state index in [0.29, 0.717) is 28.8 Å². The molecule has 0 bridgehead atoms. The molecule has 9 heteroatoms. The SMILES string of the molecule is Cc1ccc(S(=O)(=O)N(CC(=O)N/N=C\c2ccc(OCC(C)C)cc2)c2cc(Cl)ccc2C)cc1. The summed E-state index contributed by atoms with van der Waals surface area (Å²) < 4.78 is 33.7. The molecule has 1 N–H and O–H groups in total. The van der Waals surface area contributed by atoms with Crippen LogP contribution in [0.15, 0.2) is 76.7 Å². The third kappa shape index (κ3) is 7.32. The number of hydrogen-bond donors (Lipinski definition) is 1. The first-order valence-corrected chi connectivity index (χ1v) is 13.3. The molecule has 0 atom stereocenters. The molecule has 0 radical (unpaired) electrons.